The summed E-state index contributed by atoms with van der Waals surface area (Å²) in [6.45, 7) is 5.76. The molecule has 0 aliphatic heterocycles. The van der Waals surface area contributed by atoms with Crippen LogP contribution in [-0.4, -0.2) is 46.2 Å². The highest BCUT2D eigenvalue weighted by molar-refractivity contribution is 5.96. The average molecular weight is 504 g/mol. The topological polar surface area (TPSA) is 89.9 Å². The minimum atomic E-state index is -0.968. The molecule has 1 heterocycles. The Labute approximate surface area is 217 Å². The van der Waals surface area contributed by atoms with Crippen LogP contribution < -0.4 is 5.32 Å². The minimum absolute atomic E-state index is 0.00535. The van der Waals surface area contributed by atoms with E-state index in [1.54, 1.807) is 37.8 Å². The largest absolute Gasteiger partial charge is 0.465 e. The van der Waals surface area contributed by atoms with Gasteiger partial charge in [0.05, 0.1) is 12.7 Å². The summed E-state index contributed by atoms with van der Waals surface area (Å²) in [5.74, 6) is 1.71. The number of hydrogen-bond acceptors (Lipinski definition) is 5. The molecule has 1 N–H and O–H groups in total. The summed E-state index contributed by atoms with van der Waals surface area (Å²) in [7, 11) is 3.24. The standard InChI is InChI=1S/C29H33N3O5/c1-7-11-24(30-28(35)37-29(2,3)4)26(33)32(17-20-12-9-8-10-13-20)19-22-18-31(5)25-15-14-21(16-23(22)25)27(34)36-6/h1,8-10,12-16,18,24H,11,17,19H2,2-6H3,(H,30,35)/t24-/m0/s1. The summed E-state index contributed by atoms with van der Waals surface area (Å²) in [6.07, 6.45) is 6.77. The number of hydrogen-bond donors (Lipinski definition) is 1. The maximum absolute atomic E-state index is 13.8. The Kier molecular flexibility index (Phi) is 8.61. The van der Waals surface area contributed by atoms with Crippen molar-refractivity contribution < 1.29 is 23.9 Å². The zero-order valence-electron chi connectivity index (χ0n) is 21.9. The van der Waals surface area contributed by atoms with Crippen molar-refractivity contribution in [2.24, 2.45) is 7.05 Å². The Morgan fingerprint density at radius 3 is 2.43 bits per heavy atom. The molecule has 0 saturated carbocycles. The van der Waals surface area contributed by atoms with E-state index in [0.717, 1.165) is 22.0 Å². The van der Waals surface area contributed by atoms with Gasteiger partial charge >= 0.3 is 12.1 Å². The maximum Gasteiger partial charge on any atom is 0.408 e. The molecule has 37 heavy (non-hydrogen) atoms. The number of amides is 2. The van der Waals surface area contributed by atoms with Crippen molar-refractivity contribution in [3.05, 3.63) is 71.4 Å². The molecule has 3 aromatic rings. The smallest absolute Gasteiger partial charge is 0.408 e. The maximum atomic E-state index is 13.8. The van der Waals surface area contributed by atoms with Gasteiger partial charge in [-0.2, -0.15) is 0 Å². The summed E-state index contributed by atoms with van der Waals surface area (Å²) < 4.78 is 12.2. The SMILES string of the molecule is C#CC[C@H](NC(=O)OC(C)(C)C)C(=O)N(Cc1ccccc1)Cc1cn(C)c2ccc(C(=O)OC)cc12. The number of fused-ring (bicyclic) bond motifs is 1. The zero-order valence-corrected chi connectivity index (χ0v) is 21.9. The molecule has 0 aliphatic rings. The summed E-state index contributed by atoms with van der Waals surface area (Å²) in [4.78, 5) is 40.1. The number of rotatable bonds is 8. The number of benzene rings is 2. The second-order valence-corrected chi connectivity index (χ2v) is 9.78. The summed E-state index contributed by atoms with van der Waals surface area (Å²) in [6, 6.07) is 13.9. The summed E-state index contributed by atoms with van der Waals surface area (Å²) >= 11 is 0. The van der Waals surface area contributed by atoms with E-state index < -0.39 is 23.7 Å². The molecular weight excluding hydrogens is 470 g/mol. The normalized spacial score (nSPS) is 11.9. The zero-order chi connectivity index (χ0) is 27.2. The van der Waals surface area contributed by atoms with Gasteiger partial charge in [0.1, 0.15) is 11.6 Å². The van der Waals surface area contributed by atoms with E-state index >= 15 is 0 Å². The Balaban J connectivity index is 1.98. The first-order valence-electron chi connectivity index (χ1n) is 11.9. The predicted molar refractivity (Wildman–Crippen MR) is 142 cm³/mol. The number of esters is 1. The van der Waals surface area contributed by atoms with Crippen LogP contribution >= 0.6 is 0 Å². The number of alkyl carbamates (subject to hydrolysis) is 1. The van der Waals surface area contributed by atoms with Gasteiger partial charge in [-0.25, -0.2) is 9.59 Å². The molecule has 3 rings (SSSR count). The lowest BCUT2D eigenvalue weighted by molar-refractivity contribution is -0.134. The van der Waals surface area contributed by atoms with Crippen molar-refractivity contribution in [2.75, 3.05) is 7.11 Å². The fourth-order valence-electron chi connectivity index (χ4n) is 4.05. The second-order valence-electron chi connectivity index (χ2n) is 9.78. The highest BCUT2D eigenvalue weighted by atomic mass is 16.6. The first-order chi connectivity index (χ1) is 17.5. The van der Waals surface area contributed by atoms with E-state index in [0.29, 0.717) is 12.1 Å². The van der Waals surface area contributed by atoms with Gasteiger partial charge < -0.3 is 24.3 Å². The summed E-state index contributed by atoms with van der Waals surface area (Å²) in [5, 5.41) is 3.46. The Morgan fingerprint density at radius 1 is 1.11 bits per heavy atom. The number of ether oxygens (including phenoxy) is 2. The Bertz CT molecular complexity index is 1320. The van der Waals surface area contributed by atoms with E-state index in [2.05, 4.69) is 11.2 Å². The second kappa shape index (κ2) is 11.7. The summed E-state index contributed by atoms with van der Waals surface area (Å²) in [5.41, 5.74) is 2.35. The van der Waals surface area contributed by atoms with Gasteiger partial charge in [-0.05, 0) is 50.1 Å². The molecule has 0 bridgehead atoms. The third kappa shape index (κ3) is 7.14. The molecule has 0 spiro atoms. The van der Waals surface area contributed by atoms with Crippen LogP contribution in [0.4, 0.5) is 4.79 Å². The number of nitrogens with one attached hydrogen (secondary N) is 1. The van der Waals surface area contributed by atoms with Crippen molar-refractivity contribution >= 4 is 28.9 Å². The molecule has 0 fully saturated rings. The molecule has 194 valence electrons. The van der Waals surface area contributed by atoms with Crippen LogP contribution in [0.15, 0.2) is 54.7 Å². The Hall–Kier alpha value is -4.25. The molecule has 8 nitrogen and oxygen atoms in total. The lowest BCUT2D eigenvalue weighted by atomic mass is 10.1. The average Bonchev–Trinajstić information content (AvgIpc) is 3.16. The lowest BCUT2D eigenvalue weighted by Crippen LogP contribution is -2.49. The predicted octanol–water partition coefficient (Wildman–Crippen LogP) is 4.41. The van der Waals surface area contributed by atoms with E-state index in [4.69, 9.17) is 15.9 Å². The first kappa shape index (κ1) is 27.3. The number of methoxy groups -OCH3 is 1. The van der Waals surface area contributed by atoms with Crippen molar-refractivity contribution in [1.29, 1.82) is 0 Å². The quantitative estimate of drug-likeness (QED) is 0.363. The third-order valence-corrected chi connectivity index (χ3v) is 5.69. The number of carbonyl (C=O) groups is 3. The minimum Gasteiger partial charge on any atom is -0.465 e. The highest BCUT2D eigenvalue weighted by Crippen LogP contribution is 2.25. The number of terminal acetylenes is 1. The van der Waals surface area contributed by atoms with Crippen LogP contribution in [0, 0.1) is 12.3 Å². The fraction of sp³-hybridized carbons (Fsp3) is 0.345. The number of nitrogens with zero attached hydrogens (tertiary/aromatic N) is 2. The molecule has 0 saturated heterocycles. The van der Waals surface area contributed by atoms with Crippen LogP contribution in [0.25, 0.3) is 10.9 Å². The van der Waals surface area contributed by atoms with E-state index in [-0.39, 0.29) is 18.9 Å². The molecule has 2 amide bonds. The molecule has 0 aliphatic carbocycles. The lowest BCUT2D eigenvalue weighted by Gasteiger charge is -2.28. The van der Waals surface area contributed by atoms with Crippen LogP contribution in [0.3, 0.4) is 0 Å². The first-order valence-corrected chi connectivity index (χ1v) is 11.9. The number of carbonyl (C=O) groups excluding carboxylic acids is 3. The van der Waals surface area contributed by atoms with Gasteiger partial charge in [0.2, 0.25) is 5.91 Å². The molecular formula is C29H33N3O5. The van der Waals surface area contributed by atoms with Crippen molar-refractivity contribution in [1.82, 2.24) is 14.8 Å². The fourth-order valence-corrected chi connectivity index (χ4v) is 4.05. The van der Waals surface area contributed by atoms with Gasteiger partial charge in [-0.15, -0.1) is 12.3 Å². The van der Waals surface area contributed by atoms with Gasteiger partial charge in [-0.1, -0.05) is 30.3 Å². The van der Waals surface area contributed by atoms with Gasteiger partial charge in [0.15, 0.2) is 0 Å². The molecule has 0 unspecified atom stereocenters. The highest BCUT2D eigenvalue weighted by Gasteiger charge is 2.28. The van der Waals surface area contributed by atoms with Crippen molar-refractivity contribution in [3.63, 3.8) is 0 Å². The molecule has 1 atom stereocenters. The van der Waals surface area contributed by atoms with E-state index in [1.807, 2.05) is 54.2 Å². The van der Waals surface area contributed by atoms with Crippen LogP contribution in [0.1, 0.15) is 48.7 Å². The Morgan fingerprint density at radius 2 is 1.81 bits per heavy atom. The van der Waals surface area contributed by atoms with E-state index in [1.165, 1.54) is 7.11 Å². The van der Waals surface area contributed by atoms with Crippen LogP contribution in [0.2, 0.25) is 0 Å². The number of aromatic nitrogens is 1. The molecule has 2 aromatic carbocycles. The van der Waals surface area contributed by atoms with Crippen molar-refractivity contribution in [3.8, 4) is 12.3 Å². The van der Waals surface area contributed by atoms with Gasteiger partial charge in [0, 0.05) is 43.7 Å². The monoisotopic (exact) mass is 503 g/mol. The van der Waals surface area contributed by atoms with Gasteiger partial charge in [0.25, 0.3) is 0 Å². The molecule has 8 heteroatoms. The molecule has 0 radical (unpaired) electrons. The van der Waals surface area contributed by atoms with Crippen LogP contribution in [-0.2, 0) is 34.4 Å². The van der Waals surface area contributed by atoms with E-state index in [9.17, 15) is 14.4 Å². The third-order valence-electron chi connectivity index (χ3n) is 5.69. The van der Waals surface area contributed by atoms with Crippen molar-refractivity contribution in [2.45, 2.75) is 51.9 Å². The number of aryl methyl sites for hydroxylation is 1. The van der Waals surface area contributed by atoms with Crippen LogP contribution in [0.5, 0.6) is 0 Å². The molecule has 1 aromatic heterocycles. The van der Waals surface area contributed by atoms with Gasteiger partial charge in [-0.3, -0.25) is 4.79 Å².